The van der Waals surface area contributed by atoms with Gasteiger partial charge in [-0.2, -0.15) is 0 Å². The van der Waals surface area contributed by atoms with Crippen LogP contribution in [0.1, 0.15) is 28.9 Å². The Kier molecular flexibility index (Phi) is 5.71. The van der Waals surface area contributed by atoms with Crippen molar-refractivity contribution in [3.8, 4) is 0 Å². The number of hydrogen-bond acceptors (Lipinski definition) is 4. The van der Waals surface area contributed by atoms with Gasteiger partial charge in [-0.05, 0) is 61.7 Å². The normalized spacial score (nSPS) is 15.9. The molecule has 0 aliphatic carbocycles. The van der Waals surface area contributed by atoms with Gasteiger partial charge in [0.15, 0.2) is 0 Å². The Balaban J connectivity index is 1.62. The lowest BCUT2D eigenvalue weighted by Crippen LogP contribution is -2.34. The van der Waals surface area contributed by atoms with E-state index < -0.39 is 5.91 Å². The Hall–Kier alpha value is -2.28. The van der Waals surface area contributed by atoms with Gasteiger partial charge < -0.3 is 15.8 Å². The maximum atomic E-state index is 12.0. The highest BCUT2D eigenvalue weighted by Gasteiger charge is 2.20. The Labute approximate surface area is 168 Å². The number of aliphatic hydroxyl groups is 1. The minimum atomic E-state index is -0.442. The number of nitrogens with one attached hydrogen (secondary N) is 1. The van der Waals surface area contributed by atoms with E-state index >= 15 is 0 Å². The third-order valence-corrected chi connectivity index (χ3v) is 6.53. The Morgan fingerprint density at radius 2 is 1.93 bits per heavy atom. The average Bonchev–Trinajstić information content (AvgIpc) is 3.07. The molecule has 1 saturated heterocycles. The van der Waals surface area contributed by atoms with Crippen LogP contribution in [-0.4, -0.2) is 40.6 Å². The highest BCUT2D eigenvalue weighted by Crippen LogP contribution is 2.37. The molecular weight excluding hydrogens is 370 g/mol. The second-order valence-corrected chi connectivity index (χ2v) is 8.47. The number of primary amides is 1. The molecule has 6 heteroatoms. The largest absolute Gasteiger partial charge is 0.396 e. The number of H-pyrrole nitrogens is 1. The second kappa shape index (κ2) is 8.39. The molecule has 0 spiro atoms. The molecule has 1 aromatic heterocycles. The summed E-state index contributed by atoms with van der Waals surface area (Å²) < 4.78 is 0. The van der Waals surface area contributed by atoms with Crippen LogP contribution in [-0.2, 0) is 6.54 Å². The van der Waals surface area contributed by atoms with E-state index in [0.29, 0.717) is 18.2 Å². The molecule has 3 aromatic rings. The third-order valence-electron chi connectivity index (χ3n) is 5.40. The van der Waals surface area contributed by atoms with Crippen molar-refractivity contribution in [1.29, 1.82) is 0 Å². The van der Waals surface area contributed by atoms with Gasteiger partial charge in [0.25, 0.3) is 5.91 Å². The van der Waals surface area contributed by atoms with Gasteiger partial charge in [0.05, 0.1) is 4.90 Å². The molecule has 4 N–H and O–H groups in total. The number of nitrogens with two attached hydrogens (primary N) is 1. The number of carbonyl (C=O) groups excluding carboxylic acids is 1. The zero-order valence-electron chi connectivity index (χ0n) is 15.7. The van der Waals surface area contributed by atoms with Gasteiger partial charge in [-0.15, -0.1) is 0 Å². The van der Waals surface area contributed by atoms with Crippen LogP contribution < -0.4 is 5.73 Å². The molecule has 5 nitrogen and oxygen atoms in total. The number of rotatable bonds is 6. The molecule has 146 valence electrons. The van der Waals surface area contributed by atoms with Crippen LogP contribution in [0.3, 0.4) is 0 Å². The summed E-state index contributed by atoms with van der Waals surface area (Å²) in [5, 5.41) is 10.4. The Bertz CT molecular complexity index is 963. The summed E-state index contributed by atoms with van der Waals surface area (Å²) in [6.45, 7) is 3.18. The molecule has 1 aliphatic rings. The zero-order valence-corrected chi connectivity index (χ0v) is 16.5. The van der Waals surface area contributed by atoms with E-state index in [0.717, 1.165) is 53.2 Å². The number of aliphatic hydroxyl groups excluding tert-OH is 1. The summed E-state index contributed by atoms with van der Waals surface area (Å²) in [7, 11) is 0. The molecule has 0 bridgehead atoms. The maximum absolute atomic E-state index is 12.0. The number of aromatic nitrogens is 1. The van der Waals surface area contributed by atoms with Gasteiger partial charge >= 0.3 is 0 Å². The maximum Gasteiger partial charge on any atom is 0.266 e. The fourth-order valence-corrected chi connectivity index (χ4v) is 4.85. The first-order chi connectivity index (χ1) is 13.6. The van der Waals surface area contributed by atoms with Crippen molar-refractivity contribution in [3.05, 3.63) is 59.8 Å². The number of aromatic amines is 1. The first kappa shape index (κ1) is 19.1. The average molecular weight is 396 g/mol. The van der Waals surface area contributed by atoms with Crippen LogP contribution in [0, 0.1) is 5.92 Å². The van der Waals surface area contributed by atoms with Gasteiger partial charge in [-0.25, -0.2) is 0 Å². The molecule has 0 unspecified atom stereocenters. The van der Waals surface area contributed by atoms with Gasteiger partial charge in [-0.1, -0.05) is 36.0 Å². The topological polar surface area (TPSA) is 82.4 Å². The van der Waals surface area contributed by atoms with Crippen molar-refractivity contribution in [3.63, 3.8) is 0 Å². The Morgan fingerprint density at radius 3 is 2.61 bits per heavy atom. The SMILES string of the molecule is NC(=O)c1[nH]c2ccc(CN3CCC(CO)CC3)cc2c1Sc1ccccc1. The summed E-state index contributed by atoms with van der Waals surface area (Å²) >= 11 is 1.56. The monoisotopic (exact) mass is 395 g/mol. The number of nitrogens with zero attached hydrogens (tertiary/aromatic N) is 1. The lowest BCUT2D eigenvalue weighted by Gasteiger charge is -2.31. The van der Waals surface area contributed by atoms with Crippen LogP contribution >= 0.6 is 11.8 Å². The quantitative estimate of drug-likeness (QED) is 0.595. The number of piperidine rings is 1. The molecule has 2 aromatic carbocycles. The molecule has 0 atom stereocenters. The summed E-state index contributed by atoms with van der Waals surface area (Å²) in [6, 6.07) is 16.3. The van der Waals surface area contributed by atoms with E-state index in [9.17, 15) is 9.90 Å². The van der Waals surface area contributed by atoms with Crippen LogP contribution in [0.2, 0.25) is 0 Å². The summed E-state index contributed by atoms with van der Waals surface area (Å²) in [6.07, 6.45) is 2.09. The van der Waals surface area contributed by atoms with Crippen molar-refractivity contribution >= 4 is 28.6 Å². The standard InChI is InChI=1S/C22H25N3O2S/c23-22(27)20-21(28-17-4-2-1-3-5-17)18-12-16(6-7-19(18)24-20)13-25-10-8-15(14-26)9-11-25/h1-7,12,15,24,26H,8-11,13-14H2,(H2,23,27). The van der Waals surface area contributed by atoms with Crippen molar-refractivity contribution in [2.45, 2.75) is 29.2 Å². The zero-order chi connectivity index (χ0) is 19.5. The smallest absolute Gasteiger partial charge is 0.266 e. The Morgan fingerprint density at radius 1 is 1.18 bits per heavy atom. The number of likely N-dealkylation sites (tertiary alicyclic amines) is 1. The minimum Gasteiger partial charge on any atom is -0.396 e. The molecule has 1 fully saturated rings. The predicted octanol–water partition coefficient (Wildman–Crippen LogP) is 3.62. The van der Waals surface area contributed by atoms with Crippen molar-refractivity contribution in [2.24, 2.45) is 11.7 Å². The molecule has 1 amide bonds. The van der Waals surface area contributed by atoms with Gasteiger partial charge in [0.1, 0.15) is 5.69 Å². The number of amides is 1. The minimum absolute atomic E-state index is 0.291. The van der Waals surface area contributed by atoms with Crippen LogP contribution in [0.25, 0.3) is 10.9 Å². The molecule has 0 radical (unpaired) electrons. The summed E-state index contributed by atoms with van der Waals surface area (Å²) in [5.41, 5.74) is 8.24. The van der Waals surface area contributed by atoms with Crippen LogP contribution in [0.4, 0.5) is 0 Å². The summed E-state index contributed by atoms with van der Waals surface area (Å²) in [5.74, 6) is -0.00217. The first-order valence-electron chi connectivity index (χ1n) is 9.64. The number of fused-ring (bicyclic) bond motifs is 1. The lowest BCUT2D eigenvalue weighted by atomic mass is 9.97. The van der Waals surface area contributed by atoms with Crippen molar-refractivity contribution in [2.75, 3.05) is 19.7 Å². The van der Waals surface area contributed by atoms with Gasteiger partial charge in [-0.3, -0.25) is 9.69 Å². The van der Waals surface area contributed by atoms with E-state index in [1.165, 1.54) is 5.56 Å². The second-order valence-electron chi connectivity index (χ2n) is 7.39. The van der Waals surface area contributed by atoms with Crippen molar-refractivity contribution < 1.29 is 9.90 Å². The van der Waals surface area contributed by atoms with Crippen LogP contribution in [0.5, 0.6) is 0 Å². The molecular formula is C22H25N3O2S. The molecule has 2 heterocycles. The van der Waals surface area contributed by atoms with E-state index in [1.54, 1.807) is 11.8 Å². The third kappa shape index (κ3) is 4.09. The fourth-order valence-electron chi connectivity index (χ4n) is 3.78. The van der Waals surface area contributed by atoms with E-state index in [4.69, 9.17) is 5.73 Å². The number of carbonyl (C=O) groups is 1. The van der Waals surface area contributed by atoms with Crippen LogP contribution in [0.15, 0.2) is 58.3 Å². The molecule has 28 heavy (non-hydrogen) atoms. The predicted molar refractivity (Wildman–Crippen MR) is 112 cm³/mol. The van der Waals surface area contributed by atoms with E-state index in [-0.39, 0.29) is 0 Å². The molecule has 4 rings (SSSR count). The lowest BCUT2D eigenvalue weighted by molar-refractivity contribution is 0.0993. The molecule has 0 saturated carbocycles. The van der Waals surface area contributed by atoms with Gasteiger partial charge in [0, 0.05) is 29.0 Å². The van der Waals surface area contributed by atoms with E-state index in [1.807, 2.05) is 36.4 Å². The highest BCUT2D eigenvalue weighted by molar-refractivity contribution is 7.99. The van der Waals surface area contributed by atoms with Crippen molar-refractivity contribution in [1.82, 2.24) is 9.88 Å². The highest BCUT2D eigenvalue weighted by atomic mass is 32.2. The molecule has 1 aliphatic heterocycles. The van der Waals surface area contributed by atoms with E-state index in [2.05, 4.69) is 22.0 Å². The van der Waals surface area contributed by atoms with Gasteiger partial charge in [0.2, 0.25) is 0 Å². The fraction of sp³-hybridized carbons (Fsp3) is 0.318. The number of hydrogen-bond donors (Lipinski definition) is 3. The first-order valence-corrected chi connectivity index (χ1v) is 10.5. The summed E-state index contributed by atoms with van der Waals surface area (Å²) in [4.78, 5) is 19.6. The number of benzene rings is 2.